The minimum Gasteiger partial charge on any atom is -0.386 e. The molecular weight excluding hydrogens is 240 g/mol. The van der Waals surface area contributed by atoms with Gasteiger partial charge in [-0.15, -0.1) is 0 Å². The molecule has 0 spiro atoms. The molecule has 4 heteroatoms. The first-order valence-corrected chi connectivity index (χ1v) is 5.89. The van der Waals surface area contributed by atoms with Gasteiger partial charge in [-0.05, 0) is 0 Å². The lowest BCUT2D eigenvalue weighted by molar-refractivity contribution is -0.123. The van der Waals surface area contributed by atoms with Crippen molar-refractivity contribution in [1.29, 1.82) is 0 Å². The summed E-state index contributed by atoms with van der Waals surface area (Å²) in [5.41, 5.74) is 4.77. The average molecular weight is 254 g/mol. The largest absolute Gasteiger partial charge is 0.386 e. The number of aliphatic hydroxyl groups is 1. The van der Waals surface area contributed by atoms with Gasteiger partial charge < -0.3 is 5.11 Å². The molecule has 2 rings (SSSR count). The van der Waals surface area contributed by atoms with Crippen LogP contribution in [0, 0.1) is 0 Å². The molecule has 0 saturated carbocycles. The molecule has 2 aromatic carbocycles. The van der Waals surface area contributed by atoms with Gasteiger partial charge in [0, 0.05) is 11.1 Å². The van der Waals surface area contributed by atoms with Crippen molar-refractivity contribution in [3.63, 3.8) is 0 Å². The van der Waals surface area contributed by atoms with Crippen LogP contribution in [0.1, 0.15) is 11.1 Å². The fraction of sp³-hybridized carbons (Fsp3) is 0.0667. The summed E-state index contributed by atoms with van der Waals surface area (Å²) in [6.45, 7) is -0.583. The quantitative estimate of drug-likeness (QED) is 0.642. The van der Waals surface area contributed by atoms with E-state index < -0.39 is 12.5 Å². The lowest BCUT2D eigenvalue weighted by atomic mass is 10.0. The number of nitrogens with one attached hydrogen (secondary N) is 1. The number of aliphatic hydroxyl groups excluding tert-OH is 1. The molecule has 0 atom stereocenters. The maximum atomic E-state index is 11.1. The van der Waals surface area contributed by atoms with Crippen LogP contribution in [0.2, 0.25) is 0 Å². The number of carbonyl (C=O) groups is 1. The molecule has 0 aromatic heterocycles. The van der Waals surface area contributed by atoms with E-state index in [-0.39, 0.29) is 0 Å². The number of rotatable bonds is 4. The van der Waals surface area contributed by atoms with Gasteiger partial charge in [-0.2, -0.15) is 5.10 Å². The monoisotopic (exact) mass is 254 g/mol. The van der Waals surface area contributed by atoms with Crippen LogP contribution in [-0.2, 0) is 4.79 Å². The second-order valence-corrected chi connectivity index (χ2v) is 3.89. The van der Waals surface area contributed by atoms with Gasteiger partial charge >= 0.3 is 0 Å². The van der Waals surface area contributed by atoms with Crippen molar-refractivity contribution in [2.75, 3.05) is 6.61 Å². The van der Waals surface area contributed by atoms with E-state index in [9.17, 15) is 4.79 Å². The Kier molecular flexibility index (Phi) is 4.42. The highest BCUT2D eigenvalue weighted by atomic mass is 16.3. The molecule has 4 nitrogen and oxygen atoms in total. The molecule has 96 valence electrons. The van der Waals surface area contributed by atoms with Crippen molar-refractivity contribution in [2.45, 2.75) is 0 Å². The van der Waals surface area contributed by atoms with Crippen molar-refractivity contribution < 1.29 is 9.90 Å². The van der Waals surface area contributed by atoms with Crippen LogP contribution in [0.25, 0.3) is 0 Å². The summed E-state index contributed by atoms with van der Waals surface area (Å²) < 4.78 is 0. The van der Waals surface area contributed by atoms with Crippen LogP contribution < -0.4 is 5.43 Å². The molecule has 0 heterocycles. The summed E-state index contributed by atoms with van der Waals surface area (Å²) in [5.74, 6) is -0.538. The van der Waals surface area contributed by atoms with Crippen molar-refractivity contribution in [1.82, 2.24) is 5.43 Å². The van der Waals surface area contributed by atoms with E-state index in [4.69, 9.17) is 5.11 Å². The van der Waals surface area contributed by atoms with E-state index in [0.717, 1.165) is 11.1 Å². The Labute approximate surface area is 111 Å². The summed E-state index contributed by atoms with van der Waals surface area (Å²) in [6.07, 6.45) is 0. The van der Waals surface area contributed by atoms with Gasteiger partial charge in [-0.3, -0.25) is 4.79 Å². The Balaban J connectivity index is 2.37. The average Bonchev–Trinajstić information content (AvgIpc) is 2.49. The zero-order valence-corrected chi connectivity index (χ0v) is 10.3. The third-order valence-electron chi connectivity index (χ3n) is 2.53. The Morgan fingerprint density at radius 1 is 0.947 bits per heavy atom. The second-order valence-electron chi connectivity index (χ2n) is 3.89. The zero-order valence-electron chi connectivity index (χ0n) is 10.3. The van der Waals surface area contributed by atoms with Gasteiger partial charge in [0.05, 0.1) is 5.71 Å². The van der Waals surface area contributed by atoms with E-state index in [2.05, 4.69) is 10.5 Å². The van der Waals surface area contributed by atoms with E-state index in [1.54, 1.807) is 0 Å². The van der Waals surface area contributed by atoms with Crippen molar-refractivity contribution in [3.8, 4) is 0 Å². The number of carbonyl (C=O) groups excluding carboxylic acids is 1. The van der Waals surface area contributed by atoms with E-state index in [1.807, 2.05) is 60.7 Å². The number of hydrazone groups is 1. The summed E-state index contributed by atoms with van der Waals surface area (Å²) in [7, 11) is 0. The highest BCUT2D eigenvalue weighted by Crippen LogP contribution is 2.10. The van der Waals surface area contributed by atoms with Crippen LogP contribution in [0.4, 0.5) is 0 Å². The van der Waals surface area contributed by atoms with Gasteiger partial charge in [-0.1, -0.05) is 60.7 Å². The molecule has 2 aromatic rings. The lowest BCUT2D eigenvalue weighted by Crippen LogP contribution is -2.23. The van der Waals surface area contributed by atoms with Crippen molar-refractivity contribution in [2.24, 2.45) is 5.10 Å². The molecule has 0 radical (unpaired) electrons. The molecule has 0 saturated heterocycles. The van der Waals surface area contributed by atoms with E-state index in [0.29, 0.717) is 5.71 Å². The minimum atomic E-state index is -0.583. The second kappa shape index (κ2) is 6.47. The molecule has 0 aliphatic heterocycles. The molecule has 0 aliphatic rings. The highest BCUT2D eigenvalue weighted by Gasteiger charge is 2.07. The van der Waals surface area contributed by atoms with Crippen molar-refractivity contribution >= 4 is 11.6 Å². The van der Waals surface area contributed by atoms with Gasteiger partial charge in [0.1, 0.15) is 6.61 Å². The number of hydrogen-bond donors (Lipinski definition) is 2. The van der Waals surface area contributed by atoms with Crippen LogP contribution >= 0.6 is 0 Å². The summed E-state index contributed by atoms with van der Waals surface area (Å²) >= 11 is 0. The van der Waals surface area contributed by atoms with Crippen LogP contribution in [0.3, 0.4) is 0 Å². The number of benzene rings is 2. The summed E-state index contributed by atoms with van der Waals surface area (Å²) in [6, 6.07) is 19.1. The topological polar surface area (TPSA) is 61.7 Å². The first-order chi connectivity index (χ1) is 9.31. The van der Waals surface area contributed by atoms with Crippen LogP contribution in [-0.4, -0.2) is 23.3 Å². The highest BCUT2D eigenvalue weighted by molar-refractivity contribution is 6.13. The van der Waals surface area contributed by atoms with E-state index >= 15 is 0 Å². The molecule has 2 N–H and O–H groups in total. The first-order valence-electron chi connectivity index (χ1n) is 5.89. The molecule has 0 aliphatic carbocycles. The summed E-state index contributed by atoms with van der Waals surface area (Å²) in [5, 5.41) is 12.8. The molecule has 0 fully saturated rings. The molecule has 19 heavy (non-hydrogen) atoms. The Bertz CT molecular complexity index is 524. The SMILES string of the molecule is O=C(CO)NN=C(c1ccccc1)c1ccccc1. The fourth-order valence-corrected chi connectivity index (χ4v) is 1.64. The van der Waals surface area contributed by atoms with Gasteiger partial charge in [0.25, 0.3) is 5.91 Å². The van der Waals surface area contributed by atoms with Crippen LogP contribution in [0.5, 0.6) is 0 Å². The fourth-order valence-electron chi connectivity index (χ4n) is 1.64. The first kappa shape index (κ1) is 13.0. The molecule has 0 unspecified atom stereocenters. The molecule has 0 bridgehead atoms. The normalized spacial score (nSPS) is 9.74. The maximum absolute atomic E-state index is 11.1. The molecular formula is C15H14N2O2. The predicted octanol–water partition coefficient (Wildman–Crippen LogP) is 1.55. The third-order valence-corrected chi connectivity index (χ3v) is 2.53. The smallest absolute Gasteiger partial charge is 0.265 e. The standard InChI is InChI=1S/C15H14N2O2/c18-11-14(19)16-17-15(12-7-3-1-4-8-12)13-9-5-2-6-10-13/h1-10,18H,11H2,(H,16,19). The number of amides is 1. The van der Waals surface area contributed by atoms with Crippen LogP contribution in [0.15, 0.2) is 65.8 Å². The predicted molar refractivity (Wildman–Crippen MR) is 73.8 cm³/mol. The zero-order chi connectivity index (χ0) is 13.5. The van der Waals surface area contributed by atoms with Crippen molar-refractivity contribution in [3.05, 3.63) is 71.8 Å². The maximum Gasteiger partial charge on any atom is 0.265 e. The van der Waals surface area contributed by atoms with Gasteiger partial charge in [0.15, 0.2) is 0 Å². The number of hydrogen-bond acceptors (Lipinski definition) is 3. The Hall–Kier alpha value is -2.46. The Morgan fingerprint density at radius 3 is 1.84 bits per heavy atom. The van der Waals surface area contributed by atoms with Gasteiger partial charge in [0.2, 0.25) is 0 Å². The summed E-state index contributed by atoms with van der Waals surface area (Å²) in [4.78, 5) is 11.1. The number of nitrogens with zero attached hydrogens (tertiary/aromatic N) is 1. The third kappa shape index (κ3) is 3.50. The van der Waals surface area contributed by atoms with Gasteiger partial charge in [-0.25, -0.2) is 5.43 Å². The van der Waals surface area contributed by atoms with E-state index in [1.165, 1.54) is 0 Å². The minimum absolute atomic E-state index is 0.538. The lowest BCUT2D eigenvalue weighted by Gasteiger charge is -2.07. The Morgan fingerprint density at radius 2 is 1.42 bits per heavy atom. The molecule has 1 amide bonds.